The molecule has 1 unspecified atom stereocenters. The molecular formula is C16H14F2O2S. The van der Waals surface area contributed by atoms with Crippen LogP contribution in [0.3, 0.4) is 0 Å². The van der Waals surface area contributed by atoms with Gasteiger partial charge in [0.05, 0.1) is 10.8 Å². The van der Waals surface area contributed by atoms with Crippen LogP contribution in [0.2, 0.25) is 0 Å². The lowest BCUT2D eigenvalue weighted by molar-refractivity contribution is 0.0982. The second-order valence-corrected chi connectivity index (χ2v) is 6.11. The predicted octanol–water partition coefficient (Wildman–Crippen LogP) is 3.74. The van der Waals surface area contributed by atoms with E-state index in [0.717, 1.165) is 0 Å². The molecular weight excluding hydrogens is 294 g/mol. The maximum Gasteiger partial charge on any atom is 0.162 e. The van der Waals surface area contributed by atoms with Gasteiger partial charge in [-0.3, -0.25) is 9.00 Å². The highest BCUT2D eigenvalue weighted by Crippen LogP contribution is 2.12. The van der Waals surface area contributed by atoms with Gasteiger partial charge in [0.1, 0.15) is 11.6 Å². The summed E-state index contributed by atoms with van der Waals surface area (Å²) in [6.07, 6.45) is 0.707. The fourth-order valence-electron chi connectivity index (χ4n) is 1.85. The third-order valence-electron chi connectivity index (χ3n) is 2.98. The molecule has 0 aliphatic rings. The number of halogens is 2. The molecule has 2 rings (SSSR count). The first-order valence-corrected chi connectivity index (χ1v) is 7.81. The minimum Gasteiger partial charge on any atom is -0.294 e. The van der Waals surface area contributed by atoms with Crippen LogP contribution < -0.4 is 0 Å². The molecule has 0 spiro atoms. The van der Waals surface area contributed by atoms with Crippen molar-refractivity contribution in [1.82, 2.24) is 0 Å². The van der Waals surface area contributed by atoms with E-state index in [1.54, 1.807) is 0 Å². The van der Waals surface area contributed by atoms with E-state index < -0.39 is 10.8 Å². The van der Waals surface area contributed by atoms with Crippen molar-refractivity contribution < 1.29 is 17.8 Å². The monoisotopic (exact) mass is 308 g/mol. The number of hydrogen-bond acceptors (Lipinski definition) is 2. The Morgan fingerprint density at radius 1 is 0.905 bits per heavy atom. The van der Waals surface area contributed by atoms with Gasteiger partial charge < -0.3 is 0 Å². The maximum absolute atomic E-state index is 12.8. The highest BCUT2D eigenvalue weighted by molar-refractivity contribution is 7.85. The molecule has 0 bridgehead atoms. The molecule has 0 amide bonds. The third-order valence-corrected chi connectivity index (χ3v) is 4.43. The Labute approximate surface area is 124 Å². The van der Waals surface area contributed by atoms with E-state index in [1.165, 1.54) is 48.5 Å². The van der Waals surface area contributed by atoms with Crippen LogP contribution in [-0.2, 0) is 10.8 Å². The van der Waals surface area contributed by atoms with E-state index in [0.29, 0.717) is 22.6 Å². The number of rotatable bonds is 6. The molecule has 0 saturated carbocycles. The predicted molar refractivity (Wildman–Crippen MR) is 77.6 cm³/mol. The van der Waals surface area contributed by atoms with E-state index >= 15 is 0 Å². The van der Waals surface area contributed by atoms with Gasteiger partial charge in [0.25, 0.3) is 0 Å². The SMILES string of the molecule is O=C(CCCS(=O)c1ccc(F)cc1)c1ccc(F)cc1. The van der Waals surface area contributed by atoms with Gasteiger partial charge in [0.15, 0.2) is 5.78 Å². The van der Waals surface area contributed by atoms with Crippen molar-refractivity contribution in [3.8, 4) is 0 Å². The first kappa shape index (κ1) is 15.5. The molecule has 0 radical (unpaired) electrons. The second kappa shape index (κ2) is 7.22. The zero-order valence-corrected chi connectivity index (χ0v) is 12.0. The molecule has 2 nitrogen and oxygen atoms in total. The van der Waals surface area contributed by atoms with Crippen LogP contribution in [0.4, 0.5) is 8.78 Å². The molecule has 0 N–H and O–H groups in total. The average Bonchev–Trinajstić information content (AvgIpc) is 2.48. The summed E-state index contributed by atoms with van der Waals surface area (Å²) in [7, 11) is -1.25. The Morgan fingerprint density at radius 2 is 1.43 bits per heavy atom. The van der Waals surface area contributed by atoms with Gasteiger partial charge in [-0.2, -0.15) is 0 Å². The zero-order chi connectivity index (χ0) is 15.2. The topological polar surface area (TPSA) is 34.1 Å². The van der Waals surface area contributed by atoms with Crippen molar-refractivity contribution in [2.45, 2.75) is 17.7 Å². The van der Waals surface area contributed by atoms with Gasteiger partial charge in [-0.1, -0.05) is 0 Å². The van der Waals surface area contributed by atoms with Crippen LogP contribution in [-0.4, -0.2) is 15.7 Å². The molecule has 0 aromatic heterocycles. The van der Waals surface area contributed by atoms with Gasteiger partial charge in [0, 0.05) is 22.6 Å². The lowest BCUT2D eigenvalue weighted by Crippen LogP contribution is -2.04. The largest absolute Gasteiger partial charge is 0.294 e. The van der Waals surface area contributed by atoms with Crippen molar-refractivity contribution in [3.63, 3.8) is 0 Å². The van der Waals surface area contributed by atoms with E-state index in [2.05, 4.69) is 0 Å². The second-order valence-electron chi connectivity index (χ2n) is 4.54. The van der Waals surface area contributed by atoms with Gasteiger partial charge in [-0.25, -0.2) is 8.78 Å². The van der Waals surface area contributed by atoms with Crippen molar-refractivity contribution >= 4 is 16.6 Å². The first-order valence-electron chi connectivity index (χ1n) is 6.49. The molecule has 0 fully saturated rings. The molecule has 110 valence electrons. The van der Waals surface area contributed by atoms with Crippen LogP contribution in [0.1, 0.15) is 23.2 Å². The fraction of sp³-hybridized carbons (Fsp3) is 0.188. The van der Waals surface area contributed by atoms with Gasteiger partial charge >= 0.3 is 0 Å². The summed E-state index contributed by atoms with van der Waals surface area (Å²) in [4.78, 5) is 12.4. The van der Waals surface area contributed by atoms with Crippen LogP contribution >= 0.6 is 0 Å². The number of benzene rings is 2. The van der Waals surface area contributed by atoms with E-state index in [-0.39, 0.29) is 23.8 Å². The van der Waals surface area contributed by atoms with Crippen molar-refractivity contribution in [2.75, 3.05) is 5.75 Å². The lowest BCUT2D eigenvalue weighted by Gasteiger charge is -2.03. The Hall–Kier alpha value is -1.88. The molecule has 0 aliphatic heterocycles. The zero-order valence-electron chi connectivity index (χ0n) is 11.2. The first-order chi connectivity index (χ1) is 10.1. The molecule has 2 aromatic carbocycles. The number of ketones is 1. The van der Waals surface area contributed by atoms with Gasteiger partial charge in [-0.15, -0.1) is 0 Å². The van der Waals surface area contributed by atoms with Crippen molar-refractivity contribution in [1.29, 1.82) is 0 Å². The van der Waals surface area contributed by atoms with Crippen LogP contribution in [0.5, 0.6) is 0 Å². The summed E-state index contributed by atoms with van der Waals surface area (Å²) in [5, 5.41) is 0. The Kier molecular flexibility index (Phi) is 5.33. The standard InChI is InChI=1S/C16H14F2O2S/c17-13-5-3-12(4-6-13)16(19)2-1-11-21(20)15-9-7-14(18)8-10-15/h3-10H,1-2,11H2. The smallest absolute Gasteiger partial charge is 0.162 e. The Balaban J connectivity index is 1.83. The molecule has 0 aliphatic carbocycles. The van der Waals surface area contributed by atoms with E-state index in [4.69, 9.17) is 0 Å². The summed E-state index contributed by atoms with van der Waals surface area (Å²) < 4.78 is 37.4. The summed E-state index contributed by atoms with van der Waals surface area (Å²) in [5.74, 6) is -0.532. The van der Waals surface area contributed by atoms with Gasteiger partial charge in [0.2, 0.25) is 0 Å². The van der Waals surface area contributed by atoms with Crippen LogP contribution in [0.25, 0.3) is 0 Å². The summed E-state index contributed by atoms with van der Waals surface area (Å²) >= 11 is 0. The number of carbonyl (C=O) groups is 1. The average molecular weight is 308 g/mol. The molecule has 1 atom stereocenters. The molecule has 0 saturated heterocycles. The molecule has 21 heavy (non-hydrogen) atoms. The molecule has 0 heterocycles. The van der Waals surface area contributed by atoms with Gasteiger partial charge in [-0.05, 0) is 55.0 Å². The number of Topliss-reactive ketones (excluding diaryl/α,β-unsaturated/α-hetero) is 1. The maximum atomic E-state index is 12.8. The number of hydrogen-bond donors (Lipinski definition) is 0. The summed E-state index contributed by atoms with van der Waals surface area (Å²) in [6, 6.07) is 10.8. The highest BCUT2D eigenvalue weighted by Gasteiger charge is 2.08. The normalized spacial score (nSPS) is 12.1. The minimum atomic E-state index is -1.25. The number of carbonyl (C=O) groups excluding carboxylic acids is 1. The minimum absolute atomic E-state index is 0.105. The van der Waals surface area contributed by atoms with Crippen molar-refractivity contribution in [2.24, 2.45) is 0 Å². The van der Waals surface area contributed by atoms with E-state index in [1.807, 2.05) is 0 Å². The van der Waals surface area contributed by atoms with Crippen molar-refractivity contribution in [3.05, 3.63) is 65.7 Å². The Morgan fingerprint density at radius 3 is 2.00 bits per heavy atom. The lowest BCUT2D eigenvalue weighted by atomic mass is 10.1. The quantitative estimate of drug-likeness (QED) is 0.762. The van der Waals surface area contributed by atoms with E-state index in [9.17, 15) is 17.8 Å². The Bertz CT molecular complexity index is 579. The van der Waals surface area contributed by atoms with Crippen LogP contribution in [0.15, 0.2) is 53.4 Å². The highest BCUT2D eigenvalue weighted by atomic mass is 32.2. The molecule has 2 aromatic rings. The summed E-state index contributed by atoms with van der Waals surface area (Å²) in [6.45, 7) is 0. The summed E-state index contributed by atoms with van der Waals surface area (Å²) in [5.41, 5.74) is 0.448. The van der Waals surface area contributed by atoms with Crippen LogP contribution in [0, 0.1) is 11.6 Å². The third kappa shape index (κ3) is 4.56. The molecule has 5 heteroatoms. The fourth-order valence-corrected chi connectivity index (χ4v) is 2.93.